The quantitative estimate of drug-likeness (QED) is 0.799. The van der Waals surface area contributed by atoms with Gasteiger partial charge in [-0.05, 0) is 49.4 Å². The lowest BCUT2D eigenvalue weighted by atomic mass is 9.96. The minimum absolute atomic E-state index is 0.0899. The molecule has 2 heterocycles. The molecular formula is C22H29N5O. The largest absolute Gasteiger partial charge is 0.378 e. The van der Waals surface area contributed by atoms with E-state index in [1.165, 1.54) is 4.68 Å². The van der Waals surface area contributed by atoms with Crippen molar-refractivity contribution in [3.8, 4) is 0 Å². The highest BCUT2D eigenvalue weighted by molar-refractivity contribution is 6.48. The van der Waals surface area contributed by atoms with Gasteiger partial charge in [-0.15, -0.1) is 0 Å². The average Bonchev–Trinajstić information content (AvgIpc) is 2.92. The Bertz CT molecular complexity index is 1040. The van der Waals surface area contributed by atoms with Crippen LogP contribution in [0.4, 0.5) is 11.4 Å². The Morgan fingerprint density at radius 2 is 1.75 bits per heavy atom. The van der Waals surface area contributed by atoms with Crippen molar-refractivity contribution in [3.63, 3.8) is 0 Å². The summed E-state index contributed by atoms with van der Waals surface area (Å²) in [6.07, 6.45) is 0. The van der Waals surface area contributed by atoms with Crippen LogP contribution in [0.5, 0.6) is 0 Å². The molecule has 0 fully saturated rings. The number of aryl methyl sites for hydroxylation is 1. The number of hydrogen-bond acceptors (Lipinski definition) is 5. The number of rotatable bonds is 4. The van der Waals surface area contributed by atoms with Crippen LogP contribution in [0.3, 0.4) is 0 Å². The average molecular weight is 380 g/mol. The zero-order valence-electron chi connectivity index (χ0n) is 18.0. The number of aliphatic imine (C=N–C) groups is 1. The molecule has 0 N–H and O–H groups in total. The minimum Gasteiger partial charge on any atom is -0.378 e. The van der Waals surface area contributed by atoms with Crippen LogP contribution in [0.15, 0.2) is 33.1 Å². The summed E-state index contributed by atoms with van der Waals surface area (Å²) in [6, 6.07) is 6.13. The van der Waals surface area contributed by atoms with Crippen LogP contribution >= 0.6 is 0 Å². The van der Waals surface area contributed by atoms with E-state index in [2.05, 4.69) is 29.9 Å². The van der Waals surface area contributed by atoms with Gasteiger partial charge in [-0.1, -0.05) is 27.7 Å². The fourth-order valence-corrected chi connectivity index (χ4v) is 3.42. The fraction of sp³-hybridized carbons (Fsp3) is 0.455. The van der Waals surface area contributed by atoms with Crippen molar-refractivity contribution in [1.82, 2.24) is 9.66 Å². The van der Waals surface area contributed by atoms with Crippen LogP contribution in [0, 0.1) is 6.92 Å². The molecule has 0 saturated heterocycles. The second-order valence-corrected chi connectivity index (χ2v) is 8.17. The molecular weight excluding hydrogens is 350 g/mol. The lowest BCUT2D eigenvalue weighted by Crippen LogP contribution is -2.28. The Hall–Kier alpha value is -2.76. The Balaban J connectivity index is 2.20. The van der Waals surface area contributed by atoms with E-state index in [-0.39, 0.29) is 17.4 Å². The molecule has 0 amide bonds. The minimum atomic E-state index is -0.0899. The predicted octanol–water partition coefficient (Wildman–Crippen LogP) is 4.22. The van der Waals surface area contributed by atoms with Gasteiger partial charge >= 0.3 is 0 Å². The summed E-state index contributed by atoms with van der Waals surface area (Å²) in [7, 11) is 4.03. The highest BCUT2D eigenvalue weighted by Crippen LogP contribution is 2.27. The summed E-state index contributed by atoms with van der Waals surface area (Å²) in [6.45, 7) is 12.1. The van der Waals surface area contributed by atoms with Gasteiger partial charge < -0.3 is 4.90 Å². The molecule has 28 heavy (non-hydrogen) atoms. The molecule has 148 valence electrons. The van der Waals surface area contributed by atoms with Crippen molar-refractivity contribution in [2.45, 2.75) is 53.4 Å². The first-order valence-corrected chi connectivity index (χ1v) is 9.71. The van der Waals surface area contributed by atoms with Crippen molar-refractivity contribution < 1.29 is 0 Å². The van der Waals surface area contributed by atoms with E-state index in [9.17, 15) is 4.79 Å². The third kappa shape index (κ3) is 3.39. The zero-order chi connectivity index (χ0) is 20.7. The second-order valence-electron chi connectivity index (χ2n) is 8.17. The molecule has 0 spiro atoms. The van der Waals surface area contributed by atoms with Gasteiger partial charge in [0.05, 0.1) is 17.1 Å². The van der Waals surface area contributed by atoms with Gasteiger partial charge in [-0.2, -0.15) is 9.78 Å². The highest BCUT2D eigenvalue weighted by atomic mass is 16.1. The van der Waals surface area contributed by atoms with Crippen LogP contribution in [0.2, 0.25) is 0 Å². The number of benzene rings is 1. The Morgan fingerprint density at radius 1 is 1.07 bits per heavy atom. The van der Waals surface area contributed by atoms with Crippen molar-refractivity contribution >= 4 is 22.8 Å². The molecule has 1 aromatic heterocycles. The maximum Gasteiger partial charge on any atom is 0.278 e. The normalized spacial score (nSPS) is 14.8. The molecule has 3 rings (SSSR count). The van der Waals surface area contributed by atoms with E-state index in [4.69, 9.17) is 9.98 Å². The molecule has 6 nitrogen and oxygen atoms in total. The number of fused-ring (bicyclic) bond motifs is 1. The van der Waals surface area contributed by atoms with E-state index < -0.39 is 0 Å². The summed E-state index contributed by atoms with van der Waals surface area (Å²) in [4.78, 5) is 24.9. The van der Waals surface area contributed by atoms with Crippen LogP contribution in [-0.2, 0) is 0 Å². The fourth-order valence-electron chi connectivity index (χ4n) is 3.42. The third-order valence-corrected chi connectivity index (χ3v) is 4.98. The van der Waals surface area contributed by atoms with Crippen molar-refractivity contribution in [2.24, 2.45) is 10.1 Å². The molecule has 2 aromatic rings. The molecule has 0 bridgehead atoms. The number of hydrogen-bond donors (Lipinski definition) is 0. The predicted molar refractivity (Wildman–Crippen MR) is 117 cm³/mol. The molecule has 1 aliphatic heterocycles. The smallest absolute Gasteiger partial charge is 0.278 e. The lowest BCUT2D eigenvalue weighted by molar-refractivity contribution is 0.685. The first kappa shape index (κ1) is 20.0. The molecule has 1 aromatic carbocycles. The SMILES string of the molecule is CC1=Nn2c(nc(C(C)C)c(C(C)C)c2=O)C1=Nc1ccc(N(C)C)cc1C. The number of anilines is 1. The lowest BCUT2D eigenvalue weighted by Gasteiger charge is -2.16. The molecule has 1 aliphatic rings. The second kappa shape index (κ2) is 7.34. The first-order chi connectivity index (χ1) is 13.1. The molecule has 6 heteroatoms. The molecule has 0 aliphatic carbocycles. The van der Waals surface area contributed by atoms with Gasteiger partial charge in [0.15, 0.2) is 5.82 Å². The van der Waals surface area contributed by atoms with Gasteiger partial charge in [-0.25, -0.2) is 9.98 Å². The molecule has 0 unspecified atom stereocenters. The Kier molecular flexibility index (Phi) is 5.24. The Morgan fingerprint density at radius 3 is 2.29 bits per heavy atom. The van der Waals surface area contributed by atoms with E-state index >= 15 is 0 Å². The number of aromatic nitrogens is 2. The van der Waals surface area contributed by atoms with Crippen LogP contribution in [0.25, 0.3) is 0 Å². The molecule has 0 atom stereocenters. The summed E-state index contributed by atoms with van der Waals surface area (Å²) in [5.41, 5.74) is 5.90. The molecule has 0 saturated carbocycles. The maximum absolute atomic E-state index is 13.1. The third-order valence-electron chi connectivity index (χ3n) is 4.98. The highest BCUT2D eigenvalue weighted by Gasteiger charge is 2.28. The van der Waals surface area contributed by atoms with E-state index in [0.717, 1.165) is 28.2 Å². The van der Waals surface area contributed by atoms with E-state index in [1.807, 2.05) is 53.9 Å². The zero-order valence-corrected chi connectivity index (χ0v) is 18.0. The molecule has 0 radical (unpaired) electrons. The summed E-state index contributed by atoms with van der Waals surface area (Å²) >= 11 is 0. The maximum atomic E-state index is 13.1. The van der Waals surface area contributed by atoms with E-state index in [1.54, 1.807) is 0 Å². The van der Waals surface area contributed by atoms with Gasteiger partial charge in [0.25, 0.3) is 5.56 Å². The monoisotopic (exact) mass is 379 g/mol. The standard InChI is InChI=1S/C22H29N5O/c1-12(2)18-19(13(3)4)24-21-20(15(6)25-27(21)22(18)28)23-17-10-9-16(26(7)8)11-14(17)5/h9-13H,1-8H3. The topological polar surface area (TPSA) is 62.9 Å². The van der Waals surface area contributed by atoms with Crippen molar-refractivity contribution in [2.75, 3.05) is 19.0 Å². The van der Waals surface area contributed by atoms with Gasteiger partial charge in [0.2, 0.25) is 0 Å². The van der Waals surface area contributed by atoms with Crippen molar-refractivity contribution in [3.05, 3.63) is 51.2 Å². The summed E-state index contributed by atoms with van der Waals surface area (Å²) in [5.74, 6) is 0.776. The summed E-state index contributed by atoms with van der Waals surface area (Å²) in [5, 5.41) is 4.47. The van der Waals surface area contributed by atoms with Gasteiger partial charge in [0.1, 0.15) is 5.71 Å². The summed E-state index contributed by atoms with van der Waals surface area (Å²) < 4.78 is 1.42. The first-order valence-electron chi connectivity index (χ1n) is 9.71. The van der Waals surface area contributed by atoms with Crippen LogP contribution in [-0.4, -0.2) is 35.2 Å². The van der Waals surface area contributed by atoms with Crippen molar-refractivity contribution in [1.29, 1.82) is 0 Å². The van der Waals surface area contributed by atoms with Gasteiger partial charge in [-0.3, -0.25) is 4.79 Å². The number of nitrogens with zero attached hydrogens (tertiary/aromatic N) is 5. The van der Waals surface area contributed by atoms with Gasteiger partial charge in [0, 0.05) is 25.3 Å². The van der Waals surface area contributed by atoms with E-state index in [0.29, 0.717) is 17.2 Å². The van der Waals surface area contributed by atoms with Crippen LogP contribution in [0.1, 0.15) is 69.1 Å². The van der Waals surface area contributed by atoms with Crippen LogP contribution < -0.4 is 10.5 Å². The Labute approximate surface area is 166 Å².